The molecule has 0 aromatic heterocycles. The van der Waals surface area contributed by atoms with Gasteiger partial charge < -0.3 is 14.9 Å². The fourth-order valence-corrected chi connectivity index (χ4v) is 6.86. The summed E-state index contributed by atoms with van der Waals surface area (Å²) in [7, 11) is 0. The quantitative estimate of drug-likeness (QED) is 0.460. The predicted octanol–water partition coefficient (Wildman–Crippen LogP) is 6.06. The monoisotopic (exact) mass is 559 g/mol. The average molecular weight is 560 g/mol. The summed E-state index contributed by atoms with van der Waals surface area (Å²) in [6.45, 7) is 7.38. The molecule has 2 atom stereocenters. The predicted molar refractivity (Wildman–Crippen MR) is 160 cm³/mol. The van der Waals surface area contributed by atoms with Crippen molar-refractivity contribution in [3.05, 3.63) is 77.4 Å². The lowest BCUT2D eigenvalue weighted by Crippen LogP contribution is -2.62. The van der Waals surface area contributed by atoms with Crippen molar-refractivity contribution in [1.82, 2.24) is 9.80 Å². The molecule has 5 rings (SSSR count). The van der Waals surface area contributed by atoms with Crippen LogP contribution in [0.15, 0.2) is 71.0 Å². The van der Waals surface area contributed by atoms with E-state index in [2.05, 4.69) is 11.9 Å². The first-order chi connectivity index (χ1) is 19.6. The van der Waals surface area contributed by atoms with Crippen LogP contribution in [0, 0.1) is 23.1 Å². The molecule has 218 valence electrons. The molecule has 1 aromatic rings. The highest BCUT2D eigenvalue weighted by molar-refractivity contribution is 6.16. The van der Waals surface area contributed by atoms with Gasteiger partial charge in [-0.05, 0) is 37.0 Å². The molecule has 6 nitrogen and oxygen atoms in total. The molecule has 0 spiro atoms. The summed E-state index contributed by atoms with van der Waals surface area (Å²) in [6, 6.07) is 6.38. The van der Waals surface area contributed by atoms with Crippen LogP contribution in [0.3, 0.4) is 0 Å². The number of benzene rings is 1. The van der Waals surface area contributed by atoms with Crippen molar-refractivity contribution in [2.75, 3.05) is 19.6 Å². The normalized spacial score (nSPS) is 27.2. The highest BCUT2D eigenvalue weighted by Gasteiger charge is 2.50. The Labute approximate surface area is 243 Å². The van der Waals surface area contributed by atoms with Crippen molar-refractivity contribution in [2.24, 2.45) is 22.2 Å². The number of carbonyl (C=O) groups excluding carboxylic acids is 2. The largest absolute Gasteiger partial charge is 0.387 e. The standard InChI is InChI=1S/C34H42FN3O3/c1-24(19-25-11-5-4-6-12-25)32(40)38-18-16-34(41,33(2,3)22-38)23-37-17-10-9-15-30(37)28-21-36-31(39)20-27(28)26-13-7-8-14-29(26)35/h7-10,13-15,17,20-21,24-25,41H,4-6,11-12,16,18-19,22-23H2,1-3H3. The number of aliphatic imine (C=N–C) groups is 1. The van der Waals surface area contributed by atoms with Gasteiger partial charge in [-0.2, -0.15) is 0 Å². The molecule has 2 amide bonds. The number of hydrogen-bond donors (Lipinski definition) is 1. The smallest absolute Gasteiger partial charge is 0.270 e. The minimum atomic E-state index is -1.10. The fourth-order valence-electron chi connectivity index (χ4n) is 6.86. The van der Waals surface area contributed by atoms with Crippen LogP contribution in [0.5, 0.6) is 0 Å². The van der Waals surface area contributed by atoms with Crippen molar-refractivity contribution in [1.29, 1.82) is 0 Å². The lowest BCUT2D eigenvalue weighted by atomic mass is 9.69. The Morgan fingerprint density at radius 1 is 1.17 bits per heavy atom. The summed E-state index contributed by atoms with van der Waals surface area (Å²) < 4.78 is 14.8. The zero-order chi connectivity index (χ0) is 29.2. The molecule has 41 heavy (non-hydrogen) atoms. The molecule has 2 fully saturated rings. The molecule has 1 aliphatic carbocycles. The first-order valence-electron chi connectivity index (χ1n) is 15.0. The Hall–Kier alpha value is -3.32. The third-order valence-electron chi connectivity index (χ3n) is 9.48. The molecule has 1 saturated carbocycles. The zero-order valence-electron chi connectivity index (χ0n) is 24.5. The van der Waals surface area contributed by atoms with Crippen LogP contribution in [-0.2, 0) is 9.59 Å². The Bertz CT molecular complexity index is 1330. The minimum absolute atomic E-state index is 0.0107. The van der Waals surface area contributed by atoms with E-state index in [1.807, 2.05) is 48.1 Å². The van der Waals surface area contributed by atoms with E-state index in [9.17, 15) is 19.1 Å². The topological polar surface area (TPSA) is 73.2 Å². The third kappa shape index (κ3) is 6.15. The van der Waals surface area contributed by atoms with Crippen LogP contribution in [0.4, 0.5) is 4.39 Å². The Morgan fingerprint density at radius 3 is 2.66 bits per heavy atom. The number of nitrogens with zero attached hydrogens (tertiary/aromatic N) is 3. The maximum Gasteiger partial charge on any atom is 0.270 e. The third-order valence-corrected chi connectivity index (χ3v) is 9.48. The Kier molecular flexibility index (Phi) is 8.46. The van der Waals surface area contributed by atoms with Crippen molar-refractivity contribution in [2.45, 2.75) is 71.3 Å². The molecule has 1 N–H and O–H groups in total. The van der Waals surface area contributed by atoms with E-state index < -0.39 is 22.7 Å². The maximum absolute atomic E-state index is 14.8. The fraction of sp³-hybridized carbons (Fsp3) is 0.500. The highest BCUT2D eigenvalue weighted by Crippen LogP contribution is 2.42. The van der Waals surface area contributed by atoms with E-state index >= 15 is 0 Å². The minimum Gasteiger partial charge on any atom is -0.387 e. The number of allylic oxidation sites excluding steroid dienone is 5. The first kappa shape index (κ1) is 29.2. The van der Waals surface area contributed by atoms with Gasteiger partial charge in [-0.3, -0.25) is 9.59 Å². The Balaban J connectivity index is 1.35. The van der Waals surface area contributed by atoms with E-state index in [1.165, 1.54) is 50.5 Å². The number of β-amino-alcohol motifs (C(OH)–C–C–N with tert-alkyl or cyclic N) is 1. The summed E-state index contributed by atoms with van der Waals surface area (Å²) in [5.74, 6) is -0.0364. The first-order valence-corrected chi connectivity index (χ1v) is 15.0. The van der Waals surface area contributed by atoms with E-state index in [0.717, 1.165) is 12.1 Å². The van der Waals surface area contributed by atoms with E-state index in [-0.39, 0.29) is 18.4 Å². The van der Waals surface area contributed by atoms with Crippen molar-refractivity contribution < 1.29 is 19.1 Å². The molecular weight excluding hydrogens is 517 g/mol. The van der Waals surface area contributed by atoms with E-state index in [4.69, 9.17) is 0 Å². The molecule has 1 aromatic carbocycles. The number of halogens is 1. The second-order valence-corrected chi connectivity index (χ2v) is 12.8. The number of carbonyl (C=O) groups is 2. The number of piperidine rings is 1. The molecule has 3 aliphatic heterocycles. The Morgan fingerprint density at radius 2 is 1.93 bits per heavy atom. The van der Waals surface area contributed by atoms with Gasteiger partial charge in [-0.1, -0.05) is 77.2 Å². The highest BCUT2D eigenvalue weighted by atomic mass is 19.1. The van der Waals surface area contributed by atoms with Gasteiger partial charge >= 0.3 is 0 Å². The summed E-state index contributed by atoms with van der Waals surface area (Å²) in [5.41, 5.74) is 0.452. The van der Waals surface area contributed by atoms with Crippen LogP contribution >= 0.6 is 0 Å². The molecule has 2 unspecified atom stereocenters. The SMILES string of the molecule is CC(CC1CCCCC1)C(=O)N1CCC(O)(CN2C=CC=CC2=C2C=NC(=O)C=C2c2ccccc2F)C(C)(C)C1. The van der Waals surface area contributed by atoms with Crippen molar-refractivity contribution in [3.8, 4) is 0 Å². The molecule has 0 radical (unpaired) electrons. The van der Waals surface area contributed by atoms with Crippen LogP contribution < -0.4 is 0 Å². The number of aliphatic hydroxyl groups is 1. The van der Waals surface area contributed by atoms with Gasteiger partial charge in [0, 0.05) is 59.6 Å². The maximum atomic E-state index is 14.8. The van der Waals surface area contributed by atoms with Gasteiger partial charge in [-0.25, -0.2) is 9.38 Å². The molecule has 0 bridgehead atoms. The van der Waals surface area contributed by atoms with Crippen LogP contribution in [-0.4, -0.2) is 58.2 Å². The molecular formula is C34H42FN3O3. The van der Waals surface area contributed by atoms with Gasteiger partial charge in [0.1, 0.15) is 5.82 Å². The van der Waals surface area contributed by atoms with Gasteiger partial charge in [0.2, 0.25) is 5.91 Å². The van der Waals surface area contributed by atoms with Crippen LogP contribution in [0.25, 0.3) is 5.57 Å². The van der Waals surface area contributed by atoms with E-state index in [1.54, 1.807) is 18.2 Å². The average Bonchev–Trinajstić information content (AvgIpc) is 2.95. The van der Waals surface area contributed by atoms with Gasteiger partial charge in [0.05, 0.1) is 17.8 Å². The van der Waals surface area contributed by atoms with Gasteiger partial charge in [0.15, 0.2) is 0 Å². The second kappa shape index (κ2) is 11.9. The summed E-state index contributed by atoms with van der Waals surface area (Å²) in [6.07, 6.45) is 18.1. The summed E-state index contributed by atoms with van der Waals surface area (Å²) in [4.78, 5) is 33.6. The lowest BCUT2D eigenvalue weighted by Gasteiger charge is -2.52. The lowest BCUT2D eigenvalue weighted by molar-refractivity contribution is -0.156. The number of dihydropyridines is 1. The number of rotatable bonds is 6. The van der Waals surface area contributed by atoms with Gasteiger partial charge in [0.25, 0.3) is 5.91 Å². The molecule has 1 saturated heterocycles. The van der Waals surface area contributed by atoms with Crippen LogP contribution in [0.2, 0.25) is 0 Å². The van der Waals surface area contributed by atoms with Gasteiger partial charge in [-0.15, -0.1) is 0 Å². The molecule has 7 heteroatoms. The van der Waals surface area contributed by atoms with E-state index in [0.29, 0.717) is 42.1 Å². The number of amides is 2. The van der Waals surface area contributed by atoms with Crippen molar-refractivity contribution >= 4 is 23.6 Å². The molecule has 4 aliphatic rings. The molecule has 3 heterocycles. The second-order valence-electron chi connectivity index (χ2n) is 12.8. The summed E-state index contributed by atoms with van der Waals surface area (Å²) >= 11 is 0. The number of likely N-dealkylation sites (tertiary alicyclic amines) is 1. The number of hydrogen-bond acceptors (Lipinski definition) is 4. The zero-order valence-corrected chi connectivity index (χ0v) is 24.5. The summed E-state index contributed by atoms with van der Waals surface area (Å²) in [5, 5.41) is 12.1. The van der Waals surface area contributed by atoms with Crippen LogP contribution in [0.1, 0.15) is 71.3 Å². The van der Waals surface area contributed by atoms with Crippen molar-refractivity contribution in [3.63, 3.8) is 0 Å².